The number of nitrogens with zero attached hydrogens (tertiary/aromatic N) is 1. The van der Waals surface area contributed by atoms with Gasteiger partial charge in [0.1, 0.15) is 0 Å². The van der Waals surface area contributed by atoms with Crippen molar-refractivity contribution in [2.45, 2.75) is 65.2 Å². The molecule has 2 fully saturated rings. The molecule has 2 bridgehead atoms. The third kappa shape index (κ3) is 2.41. The van der Waals surface area contributed by atoms with E-state index in [1.54, 1.807) is 0 Å². The van der Waals surface area contributed by atoms with E-state index in [0.29, 0.717) is 17.7 Å². The van der Waals surface area contributed by atoms with Gasteiger partial charge in [-0.15, -0.1) is 0 Å². The first-order valence-electron chi connectivity index (χ1n) is 9.72. The summed E-state index contributed by atoms with van der Waals surface area (Å²) in [6, 6.07) is 8.53. The fourth-order valence-corrected chi connectivity index (χ4v) is 6.28. The van der Waals surface area contributed by atoms with Crippen molar-refractivity contribution in [2.75, 3.05) is 11.4 Å². The molecule has 0 spiro atoms. The van der Waals surface area contributed by atoms with Gasteiger partial charge in [-0.25, -0.2) is 0 Å². The molecule has 130 valence electrons. The van der Waals surface area contributed by atoms with Crippen LogP contribution in [0.5, 0.6) is 0 Å². The number of carbonyl (C=O) groups is 1. The Kier molecular flexibility index (Phi) is 3.60. The Bertz CT molecular complexity index is 642. The highest BCUT2D eigenvalue weighted by molar-refractivity contribution is 6.00. The van der Waals surface area contributed by atoms with Crippen molar-refractivity contribution < 1.29 is 4.79 Å². The summed E-state index contributed by atoms with van der Waals surface area (Å²) < 4.78 is 0. The fourth-order valence-electron chi connectivity index (χ4n) is 6.28. The van der Waals surface area contributed by atoms with E-state index in [0.717, 1.165) is 37.4 Å². The smallest absolute Gasteiger partial charge is 0.233 e. The van der Waals surface area contributed by atoms with Gasteiger partial charge < -0.3 is 4.90 Å². The summed E-state index contributed by atoms with van der Waals surface area (Å²) in [5.41, 5.74) is 2.45. The van der Waals surface area contributed by atoms with Crippen molar-refractivity contribution in [3.8, 4) is 0 Å². The van der Waals surface area contributed by atoms with E-state index in [4.69, 9.17) is 0 Å². The zero-order valence-corrected chi connectivity index (χ0v) is 15.6. The summed E-state index contributed by atoms with van der Waals surface area (Å²) >= 11 is 0. The quantitative estimate of drug-likeness (QED) is 0.698. The largest absolute Gasteiger partial charge is 0.311 e. The highest BCUT2D eigenvalue weighted by Crippen LogP contribution is 2.55. The number of para-hydroxylation sites is 1. The first-order chi connectivity index (χ1) is 11.3. The van der Waals surface area contributed by atoms with E-state index in [1.807, 2.05) is 0 Å². The molecule has 2 saturated carbocycles. The molecular weight excluding hydrogens is 294 g/mol. The second-order valence-electron chi connectivity index (χ2n) is 9.73. The molecule has 24 heavy (non-hydrogen) atoms. The van der Waals surface area contributed by atoms with E-state index >= 15 is 0 Å². The summed E-state index contributed by atoms with van der Waals surface area (Å²) in [6.45, 7) is 10.1. The molecule has 1 aromatic carbocycles. The number of anilines is 1. The number of fused-ring (bicyclic) bond motifs is 3. The zero-order valence-electron chi connectivity index (χ0n) is 15.6. The summed E-state index contributed by atoms with van der Waals surface area (Å²) in [5, 5.41) is 0. The lowest BCUT2D eigenvalue weighted by Gasteiger charge is -2.50. The van der Waals surface area contributed by atoms with Gasteiger partial charge in [0.05, 0.1) is 5.41 Å². The topological polar surface area (TPSA) is 20.3 Å². The first kappa shape index (κ1) is 16.2. The van der Waals surface area contributed by atoms with Gasteiger partial charge in [0.25, 0.3) is 0 Å². The molecule has 1 heterocycles. The SMILES string of the molecule is C[C@@H]1CC2C[C@H](C)CC(C(=O)N3CC(C)(C)c4ccccc43)(C2)C1. The molecule has 1 aliphatic heterocycles. The van der Waals surface area contributed by atoms with Crippen LogP contribution in [-0.2, 0) is 10.2 Å². The van der Waals surface area contributed by atoms with Gasteiger partial charge in [-0.2, -0.15) is 0 Å². The van der Waals surface area contributed by atoms with Crippen LogP contribution in [0.25, 0.3) is 0 Å². The fraction of sp³-hybridized carbons (Fsp3) is 0.682. The Balaban J connectivity index is 1.71. The summed E-state index contributed by atoms with van der Waals surface area (Å²) in [5.74, 6) is 2.55. The van der Waals surface area contributed by atoms with Crippen molar-refractivity contribution in [2.24, 2.45) is 23.2 Å². The molecule has 0 saturated heterocycles. The third-order valence-electron chi connectivity index (χ3n) is 6.81. The van der Waals surface area contributed by atoms with E-state index in [9.17, 15) is 4.79 Å². The molecule has 2 unspecified atom stereocenters. The monoisotopic (exact) mass is 325 g/mol. The molecule has 3 aliphatic rings. The van der Waals surface area contributed by atoms with Gasteiger partial charge in [0.2, 0.25) is 5.91 Å². The molecule has 1 aromatic rings. The van der Waals surface area contributed by atoms with Crippen molar-refractivity contribution in [1.82, 2.24) is 0 Å². The minimum atomic E-state index is -0.104. The highest BCUT2D eigenvalue weighted by Gasteiger charge is 2.52. The van der Waals surface area contributed by atoms with Crippen LogP contribution in [0.4, 0.5) is 5.69 Å². The van der Waals surface area contributed by atoms with Crippen molar-refractivity contribution in [1.29, 1.82) is 0 Å². The minimum absolute atomic E-state index is 0.0584. The summed E-state index contributed by atoms with van der Waals surface area (Å²) in [6.07, 6.45) is 5.94. The molecule has 0 aromatic heterocycles. The van der Waals surface area contributed by atoms with Crippen LogP contribution in [0.2, 0.25) is 0 Å². The molecule has 1 amide bonds. The molecule has 2 heteroatoms. The maximum atomic E-state index is 13.8. The average Bonchev–Trinajstić information content (AvgIpc) is 2.77. The molecule has 2 aliphatic carbocycles. The first-order valence-corrected chi connectivity index (χ1v) is 9.72. The molecule has 0 N–H and O–H groups in total. The number of rotatable bonds is 1. The van der Waals surface area contributed by atoms with Crippen LogP contribution in [0, 0.1) is 23.2 Å². The van der Waals surface area contributed by atoms with Crippen LogP contribution in [0.1, 0.15) is 65.4 Å². The Morgan fingerprint density at radius 1 is 1.04 bits per heavy atom. The number of hydrogen-bond donors (Lipinski definition) is 0. The summed E-state index contributed by atoms with van der Waals surface area (Å²) in [7, 11) is 0. The normalized spacial score (nSPS) is 37.2. The lowest BCUT2D eigenvalue weighted by atomic mass is 9.56. The molecule has 4 atom stereocenters. The van der Waals surface area contributed by atoms with Crippen LogP contribution in [0.3, 0.4) is 0 Å². The van der Waals surface area contributed by atoms with Gasteiger partial charge in [0, 0.05) is 17.6 Å². The van der Waals surface area contributed by atoms with Crippen molar-refractivity contribution in [3.63, 3.8) is 0 Å². The number of carbonyl (C=O) groups excluding carboxylic acids is 1. The Hall–Kier alpha value is -1.31. The lowest BCUT2D eigenvalue weighted by Crippen LogP contribution is -2.51. The van der Waals surface area contributed by atoms with E-state index in [1.165, 1.54) is 18.4 Å². The van der Waals surface area contributed by atoms with Gasteiger partial charge in [-0.05, 0) is 61.5 Å². The maximum absolute atomic E-state index is 13.8. The van der Waals surface area contributed by atoms with Gasteiger partial charge >= 0.3 is 0 Å². The summed E-state index contributed by atoms with van der Waals surface area (Å²) in [4.78, 5) is 15.9. The van der Waals surface area contributed by atoms with Crippen LogP contribution in [-0.4, -0.2) is 12.5 Å². The Labute approximate surface area is 146 Å². The second kappa shape index (κ2) is 5.34. The molecule has 0 radical (unpaired) electrons. The molecule has 2 nitrogen and oxygen atoms in total. The maximum Gasteiger partial charge on any atom is 0.233 e. The van der Waals surface area contributed by atoms with Gasteiger partial charge in [-0.3, -0.25) is 4.79 Å². The predicted octanol–water partition coefficient (Wildman–Crippen LogP) is 5.16. The number of hydrogen-bond acceptors (Lipinski definition) is 1. The minimum Gasteiger partial charge on any atom is -0.311 e. The van der Waals surface area contributed by atoms with E-state index in [-0.39, 0.29) is 10.8 Å². The lowest BCUT2D eigenvalue weighted by molar-refractivity contribution is -0.136. The molecular formula is C22H31NO. The van der Waals surface area contributed by atoms with Gasteiger partial charge in [0.15, 0.2) is 0 Å². The van der Waals surface area contributed by atoms with Crippen molar-refractivity contribution >= 4 is 11.6 Å². The standard InChI is InChI=1S/C22H31NO/c1-15-9-17-10-16(2)12-22(11-15,13-17)20(24)23-14-21(3,4)18-7-5-6-8-19(18)23/h5-8,15-17H,9-14H2,1-4H3/t15-,16+,17?,22?. The number of benzene rings is 1. The Morgan fingerprint density at radius 2 is 1.67 bits per heavy atom. The second-order valence-corrected chi connectivity index (χ2v) is 9.73. The van der Waals surface area contributed by atoms with E-state index in [2.05, 4.69) is 56.9 Å². The van der Waals surface area contributed by atoms with Crippen molar-refractivity contribution in [3.05, 3.63) is 29.8 Å². The van der Waals surface area contributed by atoms with Crippen LogP contribution >= 0.6 is 0 Å². The highest BCUT2D eigenvalue weighted by atomic mass is 16.2. The zero-order chi connectivity index (χ0) is 17.1. The molecule has 4 rings (SSSR count). The number of amides is 1. The predicted molar refractivity (Wildman–Crippen MR) is 99.2 cm³/mol. The van der Waals surface area contributed by atoms with Crippen LogP contribution < -0.4 is 4.90 Å². The third-order valence-corrected chi connectivity index (χ3v) is 6.81. The van der Waals surface area contributed by atoms with Gasteiger partial charge in [-0.1, -0.05) is 45.9 Å². The average molecular weight is 325 g/mol. The Morgan fingerprint density at radius 3 is 2.33 bits per heavy atom. The van der Waals surface area contributed by atoms with Crippen LogP contribution in [0.15, 0.2) is 24.3 Å². The van der Waals surface area contributed by atoms with E-state index < -0.39 is 0 Å².